The summed E-state index contributed by atoms with van der Waals surface area (Å²) in [4.78, 5) is 0. The molecule has 1 N–H and O–H groups in total. The van der Waals surface area contributed by atoms with E-state index >= 15 is 0 Å². The fourth-order valence-corrected chi connectivity index (χ4v) is 1.69. The molecule has 0 fully saturated rings. The van der Waals surface area contributed by atoms with Gasteiger partial charge in [-0.3, -0.25) is 0 Å². The van der Waals surface area contributed by atoms with Crippen LogP contribution in [0.15, 0.2) is 12.1 Å². The van der Waals surface area contributed by atoms with Crippen LogP contribution >= 0.6 is 0 Å². The molecule has 20 heavy (non-hydrogen) atoms. The lowest BCUT2D eigenvalue weighted by atomic mass is 10.1. The average molecular weight is 283 g/mol. The van der Waals surface area contributed by atoms with Crippen molar-refractivity contribution in [2.24, 2.45) is 0 Å². The van der Waals surface area contributed by atoms with Gasteiger partial charge in [-0.2, -0.15) is 4.39 Å². The van der Waals surface area contributed by atoms with Gasteiger partial charge >= 0.3 is 0 Å². The fourth-order valence-electron chi connectivity index (χ4n) is 1.69. The molecular formula is C16H26FNO2. The van der Waals surface area contributed by atoms with Crippen molar-refractivity contribution in [3.8, 4) is 11.5 Å². The highest BCUT2D eigenvalue weighted by molar-refractivity contribution is 5.55. The third kappa shape index (κ3) is 5.27. The van der Waals surface area contributed by atoms with Crippen LogP contribution < -0.4 is 14.8 Å². The predicted octanol–water partition coefficient (Wildman–Crippen LogP) is 4.61. The lowest BCUT2D eigenvalue weighted by Crippen LogP contribution is -2.25. The van der Waals surface area contributed by atoms with Crippen LogP contribution in [0.1, 0.15) is 48.5 Å². The Morgan fingerprint density at radius 2 is 1.35 bits per heavy atom. The number of halogens is 1. The van der Waals surface area contributed by atoms with Crippen LogP contribution in [0.5, 0.6) is 11.5 Å². The van der Waals surface area contributed by atoms with Gasteiger partial charge in [0.1, 0.15) is 11.2 Å². The molecule has 1 aromatic carbocycles. The van der Waals surface area contributed by atoms with Gasteiger partial charge < -0.3 is 14.8 Å². The minimum absolute atomic E-state index is 0.204. The van der Waals surface area contributed by atoms with Gasteiger partial charge in [0.15, 0.2) is 11.5 Å². The van der Waals surface area contributed by atoms with E-state index in [4.69, 9.17) is 9.47 Å². The summed E-state index contributed by atoms with van der Waals surface area (Å²) in [5.74, 6) is -0.0538. The molecule has 4 heteroatoms. The number of hydrogen-bond donors (Lipinski definition) is 1. The maximum atomic E-state index is 14.5. The van der Waals surface area contributed by atoms with Gasteiger partial charge in [0, 0.05) is 24.4 Å². The smallest absolute Gasteiger partial charge is 0.207 e. The van der Waals surface area contributed by atoms with Gasteiger partial charge in [0.25, 0.3) is 0 Å². The van der Waals surface area contributed by atoms with Crippen molar-refractivity contribution < 1.29 is 13.9 Å². The molecule has 0 heterocycles. The molecule has 0 amide bonds. The summed E-state index contributed by atoms with van der Waals surface area (Å²) < 4.78 is 25.8. The minimum Gasteiger partial charge on any atom is -0.485 e. The third-order valence-electron chi connectivity index (χ3n) is 2.22. The summed E-state index contributed by atoms with van der Waals surface area (Å²) in [6, 6.07) is 3.33. The Balaban J connectivity index is 3.22. The molecule has 0 saturated carbocycles. The number of nitrogens with one attached hydrogen (secondary N) is 1. The van der Waals surface area contributed by atoms with E-state index in [0.717, 1.165) is 12.2 Å². The highest BCUT2D eigenvalue weighted by Crippen LogP contribution is 2.35. The highest BCUT2D eigenvalue weighted by Gasteiger charge is 2.22. The molecule has 0 atom stereocenters. The monoisotopic (exact) mass is 283 g/mol. The molecule has 114 valence electrons. The van der Waals surface area contributed by atoms with Gasteiger partial charge in [0.2, 0.25) is 5.82 Å². The van der Waals surface area contributed by atoms with Crippen LogP contribution in [-0.4, -0.2) is 17.7 Å². The van der Waals surface area contributed by atoms with E-state index in [1.54, 1.807) is 12.1 Å². The number of benzene rings is 1. The molecule has 0 aliphatic rings. The Kier molecular flexibility index (Phi) is 4.90. The Hall–Kier alpha value is -1.45. The Labute approximate surface area is 121 Å². The largest absolute Gasteiger partial charge is 0.485 e. The first-order valence-corrected chi connectivity index (χ1v) is 6.97. The molecule has 0 aromatic heterocycles. The van der Waals surface area contributed by atoms with E-state index in [1.807, 2.05) is 48.5 Å². The van der Waals surface area contributed by atoms with Crippen molar-refractivity contribution in [1.29, 1.82) is 0 Å². The summed E-state index contributed by atoms with van der Waals surface area (Å²) in [5, 5.41) is 3.16. The van der Waals surface area contributed by atoms with Crippen LogP contribution in [0.4, 0.5) is 10.1 Å². The fraction of sp³-hybridized carbons (Fsp3) is 0.625. The predicted molar refractivity (Wildman–Crippen MR) is 81.3 cm³/mol. The van der Waals surface area contributed by atoms with E-state index in [2.05, 4.69) is 5.32 Å². The van der Waals surface area contributed by atoms with Crippen LogP contribution in [0.2, 0.25) is 0 Å². The van der Waals surface area contributed by atoms with Crippen LogP contribution in [0.3, 0.4) is 0 Å². The van der Waals surface area contributed by atoms with Crippen molar-refractivity contribution in [3.63, 3.8) is 0 Å². The number of hydrogen-bond acceptors (Lipinski definition) is 3. The number of rotatable bonds is 4. The zero-order chi connectivity index (χ0) is 15.6. The van der Waals surface area contributed by atoms with Crippen molar-refractivity contribution in [2.45, 2.75) is 59.7 Å². The molecule has 0 spiro atoms. The van der Waals surface area contributed by atoms with Crippen molar-refractivity contribution in [1.82, 2.24) is 0 Å². The maximum absolute atomic E-state index is 14.5. The summed E-state index contributed by atoms with van der Waals surface area (Å²) in [6.07, 6.45) is 0. The quantitative estimate of drug-likeness (QED) is 0.875. The van der Waals surface area contributed by atoms with Gasteiger partial charge in [-0.05, 0) is 48.5 Å². The van der Waals surface area contributed by atoms with Crippen LogP contribution in [0.25, 0.3) is 0 Å². The first kappa shape index (κ1) is 16.6. The topological polar surface area (TPSA) is 30.5 Å². The maximum Gasteiger partial charge on any atom is 0.207 e. The van der Waals surface area contributed by atoms with Gasteiger partial charge in [-0.25, -0.2) is 0 Å². The Morgan fingerprint density at radius 1 is 0.950 bits per heavy atom. The van der Waals surface area contributed by atoms with E-state index in [0.29, 0.717) is 0 Å². The first-order valence-electron chi connectivity index (χ1n) is 6.97. The minimum atomic E-state index is -0.468. The third-order valence-corrected chi connectivity index (χ3v) is 2.22. The molecule has 0 aliphatic heterocycles. The second-order valence-corrected chi connectivity index (χ2v) is 6.75. The Bertz CT molecular complexity index is 422. The summed E-state index contributed by atoms with van der Waals surface area (Å²) >= 11 is 0. The second-order valence-electron chi connectivity index (χ2n) is 6.75. The first-order chi connectivity index (χ1) is 9.02. The molecule has 0 unspecified atom stereocenters. The van der Waals surface area contributed by atoms with Crippen molar-refractivity contribution in [2.75, 3.05) is 11.9 Å². The lowest BCUT2D eigenvalue weighted by molar-refractivity contribution is 0.109. The van der Waals surface area contributed by atoms with Crippen LogP contribution in [0, 0.1) is 5.82 Å². The molecule has 0 aliphatic carbocycles. The number of anilines is 1. The van der Waals surface area contributed by atoms with Crippen molar-refractivity contribution >= 4 is 5.69 Å². The van der Waals surface area contributed by atoms with Gasteiger partial charge in [-0.1, -0.05) is 0 Å². The molecule has 1 aromatic rings. The lowest BCUT2D eigenvalue weighted by Gasteiger charge is -2.26. The summed E-state index contributed by atoms with van der Waals surface area (Å²) in [7, 11) is 0. The molecule has 1 rings (SSSR count). The molecule has 0 bridgehead atoms. The highest BCUT2D eigenvalue weighted by atomic mass is 19.1. The summed E-state index contributed by atoms with van der Waals surface area (Å²) in [5.41, 5.74) is -0.151. The van der Waals surface area contributed by atoms with E-state index < -0.39 is 17.0 Å². The number of ether oxygens (including phenoxy) is 2. The van der Waals surface area contributed by atoms with Crippen LogP contribution in [-0.2, 0) is 0 Å². The van der Waals surface area contributed by atoms with E-state index in [1.165, 1.54) is 0 Å². The molecule has 3 nitrogen and oxygen atoms in total. The second kappa shape index (κ2) is 5.90. The summed E-state index contributed by atoms with van der Waals surface area (Å²) in [6.45, 7) is 14.0. The standard InChI is InChI=1S/C16H26FNO2/c1-8-18-11-9-12(19-15(2,3)4)14(17)13(10-11)20-16(5,6)7/h9-10,18H,8H2,1-7H3. The van der Waals surface area contributed by atoms with E-state index in [9.17, 15) is 4.39 Å². The molecule has 0 saturated heterocycles. The normalized spacial score (nSPS) is 12.2. The van der Waals surface area contributed by atoms with Crippen molar-refractivity contribution in [3.05, 3.63) is 17.9 Å². The zero-order valence-corrected chi connectivity index (χ0v) is 13.6. The average Bonchev–Trinajstić information content (AvgIpc) is 2.21. The Morgan fingerprint density at radius 3 is 1.65 bits per heavy atom. The van der Waals surface area contributed by atoms with Gasteiger partial charge in [0.05, 0.1) is 0 Å². The SMILES string of the molecule is CCNc1cc(OC(C)(C)C)c(F)c(OC(C)(C)C)c1. The molecule has 0 radical (unpaired) electrons. The van der Waals surface area contributed by atoms with Gasteiger partial charge in [-0.15, -0.1) is 0 Å². The zero-order valence-electron chi connectivity index (χ0n) is 13.6. The molecular weight excluding hydrogens is 257 g/mol. The van der Waals surface area contributed by atoms with E-state index in [-0.39, 0.29) is 11.5 Å².